The second-order valence-corrected chi connectivity index (χ2v) is 1.78. The molecule has 0 unspecified atom stereocenters. The lowest BCUT2D eigenvalue weighted by Crippen LogP contribution is -2.00. The Bertz CT molecular complexity index is 107. The van der Waals surface area contributed by atoms with Crippen LogP contribution in [0.4, 0.5) is 0 Å². The van der Waals surface area contributed by atoms with Gasteiger partial charge in [-0.3, -0.25) is 0 Å². The molecule has 9 heavy (non-hydrogen) atoms. The molecular formula is C6H13N3. The van der Waals surface area contributed by atoms with Gasteiger partial charge in [-0.1, -0.05) is 0 Å². The molecule has 0 bridgehead atoms. The Morgan fingerprint density at radius 2 is 2.22 bits per heavy atom. The molecule has 0 aromatic rings. The summed E-state index contributed by atoms with van der Waals surface area (Å²) < 4.78 is 0. The van der Waals surface area contributed by atoms with Gasteiger partial charge >= 0.3 is 0 Å². The van der Waals surface area contributed by atoms with Crippen LogP contribution in [0.5, 0.6) is 0 Å². The first-order chi connectivity index (χ1) is 4.35. The fraction of sp³-hybridized carbons (Fsp3) is 0.500. The minimum absolute atomic E-state index is 0.658. The zero-order valence-electron chi connectivity index (χ0n) is 5.43. The van der Waals surface area contributed by atoms with Crippen LogP contribution >= 0.6 is 0 Å². The molecule has 0 aromatic heterocycles. The van der Waals surface area contributed by atoms with Gasteiger partial charge in [0.2, 0.25) is 0 Å². The minimum atomic E-state index is 0.658. The van der Waals surface area contributed by atoms with Gasteiger partial charge in [-0.25, -0.2) is 0 Å². The number of hydrogen-bond acceptors (Lipinski definition) is 3. The quantitative estimate of drug-likeness (QED) is 0.472. The molecule has 3 heteroatoms. The number of rotatable bonds is 4. The van der Waals surface area contributed by atoms with Crippen molar-refractivity contribution < 1.29 is 0 Å². The predicted molar refractivity (Wildman–Crippen MR) is 39.3 cm³/mol. The lowest BCUT2D eigenvalue weighted by Gasteiger charge is -1.95. The topological polar surface area (TPSA) is 75.9 Å². The first-order valence-electron chi connectivity index (χ1n) is 2.96. The molecule has 0 saturated carbocycles. The molecule has 5 N–H and O–H groups in total. The van der Waals surface area contributed by atoms with Crippen LogP contribution in [-0.4, -0.2) is 12.8 Å². The number of hydrogen-bond donors (Lipinski definition) is 3. The maximum atomic E-state index is 6.82. The van der Waals surface area contributed by atoms with E-state index in [1.165, 1.54) is 12.4 Å². The standard InChI is InChI=1S/C6H13N3/c7-3-1-2-6(4-8)5-9/h4-5,8H,1-3,7,9H2/b6-5-,8-4?. The van der Waals surface area contributed by atoms with E-state index in [9.17, 15) is 0 Å². The normalized spacial score (nSPS) is 11.4. The maximum Gasteiger partial charge on any atom is 0.0224 e. The van der Waals surface area contributed by atoms with Gasteiger partial charge in [0.1, 0.15) is 0 Å². The number of allylic oxidation sites excluding steroid dienone is 1. The maximum absolute atomic E-state index is 6.82. The van der Waals surface area contributed by atoms with Crippen LogP contribution < -0.4 is 11.5 Å². The minimum Gasteiger partial charge on any atom is -0.404 e. The Balaban J connectivity index is 3.45. The highest BCUT2D eigenvalue weighted by Gasteiger charge is 1.88. The number of nitrogens with one attached hydrogen (secondary N) is 1. The highest BCUT2D eigenvalue weighted by atomic mass is 14.5. The third kappa shape index (κ3) is 3.73. The van der Waals surface area contributed by atoms with Gasteiger partial charge in [0, 0.05) is 6.21 Å². The van der Waals surface area contributed by atoms with Crippen LogP contribution in [-0.2, 0) is 0 Å². The van der Waals surface area contributed by atoms with Crippen LogP contribution in [0.1, 0.15) is 12.8 Å². The van der Waals surface area contributed by atoms with E-state index in [0.29, 0.717) is 6.54 Å². The Hall–Kier alpha value is -0.830. The van der Waals surface area contributed by atoms with E-state index in [4.69, 9.17) is 16.9 Å². The zero-order valence-corrected chi connectivity index (χ0v) is 5.43. The molecule has 0 spiro atoms. The van der Waals surface area contributed by atoms with Crippen molar-refractivity contribution >= 4 is 6.21 Å². The second-order valence-electron chi connectivity index (χ2n) is 1.78. The zero-order chi connectivity index (χ0) is 7.11. The summed E-state index contributed by atoms with van der Waals surface area (Å²) in [6.07, 6.45) is 4.42. The van der Waals surface area contributed by atoms with Crippen molar-refractivity contribution in [1.82, 2.24) is 0 Å². The summed E-state index contributed by atoms with van der Waals surface area (Å²) in [6, 6.07) is 0. The van der Waals surface area contributed by atoms with E-state index in [0.717, 1.165) is 18.4 Å². The highest BCUT2D eigenvalue weighted by Crippen LogP contribution is 1.97. The molecule has 3 nitrogen and oxygen atoms in total. The van der Waals surface area contributed by atoms with Gasteiger partial charge in [-0.2, -0.15) is 0 Å². The van der Waals surface area contributed by atoms with Gasteiger partial charge in [-0.15, -0.1) is 0 Å². The summed E-state index contributed by atoms with van der Waals surface area (Å²) in [6.45, 7) is 0.658. The molecule has 0 amide bonds. The van der Waals surface area contributed by atoms with Crippen molar-refractivity contribution in [1.29, 1.82) is 5.41 Å². The van der Waals surface area contributed by atoms with E-state index in [-0.39, 0.29) is 0 Å². The molecule has 0 radical (unpaired) electrons. The molecule has 0 aliphatic heterocycles. The van der Waals surface area contributed by atoms with E-state index in [1.807, 2.05) is 0 Å². The fourth-order valence-corrected chi connectivity index (χ4v) is 0.510. The van der Waals surface area contributed by atoms with Crippen LogP contribution in [0.25, 0.3) is 0 Å². The van der Waals surface area contributed by atoms with E-state index < -0.39 is 0 Å². The van der Waals surface area contributed by atoms with Gasteiger partial charge < -0.3 is 16.9 Å². The van der Waals surface area contributed by atoms with E-state index >= 15 is 0 Å². The molecule has 0 heterocycles. The highest BCUT2D eigenvalue weighted by molar-refractivity contribution is 5.75. The molecule has 0 saturated heterocycles. The first kappa shape index (κ1) is 8.17. The molecule has 0 aliphatic rings. The van der Waals surface area contributed by atoms with Crippen molar-refractivity contribution in [2.24, 2.45) is 11.5 Å². The summed E-state index contributed by atoms with van der Waals surface area (Å²) in [5, 5.41) is 6.82. The van der Waals surface area contributed by atoms with Crippen LogP contribution in [0.3, 0.4) is 0 Å². The van der Waals surface area contributed by atoms with Crippen molar-refractivity contribution in [3.63, 3.8) is 0 Å². The average Bonchev–Trinajstić information content (AvgIpc) is 1.91. The van der Waals surface area contributed by atoms with Crippen LogP contribution in [0.15, 0.2) is 11.8 Å². The molecule has 0 atom stereocenters. The van der Waals surface area contributed by atoms with Gasteiger partial charge in [0.25, 0.3) is 0 Å². The second kappa shape index (κ2) is 5.31. The summed E-state index contributed by atoms with van der Waals surface area (Å²) in [4.78, 5) is 0. The van der Waals surface area contributed by atoms with Gasteiger partial charge in [0.05, 0.1) is 0 Å². The SMILES string of the molecule is N=C/C(=C\N)CCCN. The monoisotopic (exact) mass is 127 g/mol. The lowest BCUT2D eigenvalue weighted by atomic mass is 10.2. The third-order valence-electron chi connectivity index (χ3n) is 1.07. The van der Waals surface area contributed by atoms with E-state index in [2.05, 4.69) is 0 Å². The molecular weight excluding hydrogens is 114 g/mol. The number of nitrogens with two attached hydrogens (primary N) is 2. The molecule has 0 aliphatic carbocycles. The smallest absolute Gasteiger partial charge is 0.0224 e. The summed E-state index contributed by atoms with van der Waals surface area (Å²) in [7, 11) is 0. The van der Waals surface area contributed by atoms with Crippen LogP contribution in [0.2, 0.25) is 0 Å². The first-order valence-corrected chi connectivity index (χ1v) is 2.96. The summed E-state index contributed by atoms with van der Waals surface area (Å²) in [5.41, 5.74) is 11.3. The Kier molecular flexibility index (Phi) is 4.82. The molecule has 0 fully saturated rings. The summed E-state index contributed by atoms with van der Waals surface area (Å²) in [5.74, 6) is 0. The van der Waals surface area contributed by atoms with Crippen molar-refractivity contribution in [3.05, 3.63) is 11.8 Å². The van der Waals surface area contributed by atoms with Crippen molar-refractivity contribution in [3.8, 4) is 0 Å². The lowest BCUT2D eigenvalue weighted by molar-refractivity contribution is 0.841. The van der Waals surface area contributed by atoms with Crippen molar-refractivity contribution in [2.75, 3.05) is 6.54 Å². The Morgan fingerprint density at radius 1 is 1.56 bits per heavy atom. The van der Waals surface area contributed by atoms with Crippen molar-refractivity contribution in [2.45, 2.75) is 12.8 Å². The third-order valence-corrected chi connectivity index (χ3v) is 1.07. The van der Waals surface area contributed by atoms with E-state index in [1.54, 1.807) is 0 Å². The van der Waals surface area contributed by atoms with Crippen LogP contribution in [0, 0.1) is 5.41 Å². The van der Waals surface area contributed by atoms with Gasteiger partial charge in [-0.05, 0) is 31.2 Å². The Morgan fingerprint density at radius 3 is 2.56 bits per heavy atom. The Labute approximate surface area is 55.2 Å². The van der Waals surface area contributed by atoms with Gasteiger partial charge in [0.15, 0.2) is 0 Å². The fourth-order valence-electron chi connectivity index (χ4n) is 0.510. The largest absolute Gasteiger partial charge is 0.404 e. The molecule has 0 aromatic carbocycles. The summed E-state index contributed by atoms with van der Waals surface area (Å²) >= 11 is 0. The average molecular weight is 127 g/mol. The predicted octanol–water partition coefficient (Wildman–Crippen LogP) is 0.217. The molecule has 52 valence electrons. The molecule has 0 rings (SSSR count).